The second-order valence-electron chi connectivity index (χ2n) is 7.00. The van der Waals surface area contributed by atoms with Crippen LogP contribution in [0.3, 0.4) is 0 Å². The first-order valence-electron chi connectivity index (χ1n) is 9.16. The van der Waals surface area contributed by atoms with Crippen LogP contribution in [0, 0.1) is 5.92 Å². The number of H-pyrrole nitrogens is 1. The Balaban J connectivity index is 1.38. The molecule has 1 aliphatic heterocycles. The predicted octanol–water partition coefficient (Wildman–Crippen LogP) is 2.67. The zero-order valence-electron chi connectivity index (χ0n) is 15.0. The van der Waals surface area contributed by atoms with E-state index in [-0.39, 0.29) is 12.5 Å². The van der Waals surface area contributed by atoms with E-state index in [0.717, 1.165) is 37.1 Å². The van der Waals surface area contributed by atoms with Gasteiger partial charge in [0.2, 0.25) is 0 Å². The maximum Gasteiger partial charge on any atom is 0.253 e. The average Bonchev–Trinajstić information content (AvgIpc) is 3.40. The van der Waals surface area contributed by atoms with Gasteiger partial charge in [0, 0.05) is 24.2 Å². The van der Waals surface area contributed by atoms with Crippen molar-refractivity contribution in [1.82, 2.24) is 20.1 Å². The highest BCUT2D eigenvalue weighted by Crippen LogP contribution is 2.24. The van der Waals surface area contributed by atoms with Gasteiger partial charge in [-0.1, -0.05) is 36.4 Å². The van der Waals surface area contributed by atoms with Crippen LogP contribution in [0.25, 0.3) is 11.4 Å². The van der Waals surface area contributed by atoms with Crippen molar-refractivity contribution in [3.05, 3.63) is 71.5 Å². The minimum absolute atomic E-state index is 0.0627. The molecule has 0 spiro atoms. The Kier molecular flexibility index (Phi) is 4.98. The van der Waals surface area contributed by atoms with E-state index in [1.165, 1.54) is 11.9 Å². The number of aromatic nitrogens is 3. The van der Waals surface area contributed by atoms with E-state index in [9.17, 15) is 9.90 Å². The summed E-state index contributed by atoms with van der Waals surface area (Å²) in [6.45, 7) is 1.62. The molecule has 27 heavy (non-hydrogen) atoms. The van der Waals surface area contributed by atoms with Crippen molar-refractivity contribution >= 4 is 5.91 Å². The maximum atomic E-state index is 12.8. The fraction of sp³-hybridized carbons (Fsp3) is 0.286. The van der Waals surface area contributed by atoms with E-state index in [0.29, 0.717) is 17.3 Å². The molecule has 0 unspecified atom stereocenters. The average molecular weight is 362 g/mol. The molecule has 2 aromatic carbocycles. The number of carbonyl (C=O) groups is 1. The molecule has 1 amide bonds. The largest absolute Gasteiger partial charge is 0.392 e. The van der Waals surface area contributed by atoms with Crippen LogP contribution in [-0.2, 0) is 13.0 Å². The molecule has 6 nitrogen and oxygen atoms in total. The summed E-state index contributed by atoms with van der Waals surface area (Å²) in [6, 6.07) is 15.5. The Bertz CT molecular complexity index is 906. The quantitative estimate of drug-likeness (QED) is 0.731. The number of amides is 1. The number of aromatic amines is 1. The van der Waals surface area contributed by atoms with E-state index >= 15 is 0 Å². The van der Waals surface area contributed by atoms with Crippen LogP contribution in [0.2, 0.25) is 0 Å². The summed E-state index contributed by atoms with van der Waals surface area (Å²) in [7, 11) is 0. The summed E-state index contributed by atoms with van der Waals surface area (Å²) in [6.07, 6.45) is 3.41. The van der Waals surface area contributed by atoms with Gasteiger partial charge >= 0.3 is 0 Å². The van der Waals surface area contributed by atoms with Gasteiger partial charge in [-0.25, -0.2) is 4.98 Å². The molecule has 0 saturated carbocycles. The fourth-order valence-corrected chi connectivity index (χ4v) is 3.67. The molecule has 4 rings (SSSR count). The van der Waals surface area contributed by atoms with Crippen molar-refractivity contribution < 1.29 is 9.90 Å². The Morgan fingerprint density at radius 3 is 2.74 bits per heavy atom. The Labute approximate surface area is 157 Å². The van der Waals surface area contributed by atoms with Gasteiger partial charge in [-0.3, -0.25) is 9.89 Å². The fourth-order valence-electron chi connectivity index (χ4n) is 3.67. The second kappa shape index (κ2) is 7.72. The highest BCUT2D eigenvalue weighted by Gasteiger charge is 2.27. The normalized spacial score (nSPS) is 16.6. The molecule has 1 fully saturated rings. The Morgan fingerprint density at radius 1 is 1.19 bits per heavy atom. The van der Waals surface area contributed by atoms with Crippen LogP contribution in [-0.4, -0.2) is 44.2 Å². The molecule has 2 N–H and O–H groups in total. The van der Waals surface area contributed by atoms with Crippen LogP contribution in [0.4, 0.5) is 0 Å². The van der Waals surface area contributed by atoms with E-state index in [1.54, 1.807) is 0 Å². The monoisotopic (exact) mass is 362 g/mol. The molecule has 1 aliphatic rings. The van der Waals surface area contributed by atoms with Crippen LogP contribution in [0.1, 0.15) is 27.9 Å². The minimum atomic E-state index is 0.0627. The zero-order valence-corrected chi connectivity index (χ0v) is 15.0. The van der Waals surface area contributed by atoms with E-state index in [2.05, 4.69) is 21.2 Å². The van der Waals surface area contributed by atoms with Gasteiger partial charge in [0.15, 0.2) is 5.82 Å². The molecule has 6 heteroatoms. The minimum Gasteiger partial charge on any atom is -0.392 e. The number of hydrogen-bond acceptors (Lipinski definition) is 4. The van der Waals surface area contributed by atoms with Gasteiger partial charge in [0.25, 0.3) is 5.91 Å². The summed E-state index contributed by atoms with van der Waals surface area (Å²) >= 11 is 0. The second-order valence-corrected chi connectivity index (χ2v) is 7.00. The maximum absolute atomic E-state index is 12.8. The van der Waals surface area contributed by atoms with Gasteiger partial charge in [0.05, 0.1) is 6.61 Å². The smallest absolute Gasteiger partial charge is 0.253 e. The summed E-state index contributed by atoms with van der Waals surface area (Å²) in [5.41, 5.74) is 3.76. The summed E-state index contributed by atoms with van der Waals surface area (Å²) in [5.74, 6) is 1.22. The van der Waals surface area contributed by atoms with Crippen molar-refractivity contribution in [2.45, 2.75) is 19.4 Å². The molecule has 0 bridgehead atoms. The number of benzene rings is 2. The number of nitrogens with zero attached hydrogens (tertiary/aromatic N) is 3. The molecule has 0 radical (unpaired) electrons. The molecular formula is C21H22N4O2. The Morgan fingerprint density at radius 2 is 2.00 bits per heavy atom. The highest BCUT2D eigenvalue weighted by atomic mass is 16.3. The molecule has 138 valence electrons. The number of rotatable bonds is 5. The third kappa shape index (κ3) is 3.90. The van der Waals surface area contributed by atoms with Gasteiger partial charge in [-0.15, -0.1) is 0 Å². The first-order valence-corrected chi connectivity index (χ1v) is 9.16. The number of hydrogen-bond donors (Lipinski definition) is 2. The lowest BCUT2D eigenvalue weighted by atomic mass is 9.97. The van der Waals surface area contributed by atoms with Crippen LogP contribution in [0.5, 0.6) is 0 Å². The van der Waals surface area contributed by atoms with Crippen LogP contribution < -0.4 is 0 Å². The number of aliphatic hydroxyl groups excluding tert-OH is 1. The predicted molar refractivity (Wildman–Crippen MR) is 102 cm³/mol. The van der Waals surface area contributed by atoms with Crippen molar-refractivity contribution in [2.24, 2.45) is 5.92 Å². The molecule has 2 heterocycles. The molecule has 1 aromatic heterocycles. The third-order valence-corrected chi connectivity index (χ3v) is 5.09. The lowest BCUT2D eigenvalue weighted by molar-refractivity contribution is 0.0787. The lowest BCUT2D eigenvalue weighted by Crippen LogP contribution is -2.28. The number of aliphatic hydroxyl groups is 1. The summed E-state index contributed by atoms with van der Waals surface area (Å²) in [5, 5.41) is 16.0. The van der Waals surface area contributed by atoms with Crippen molar-refractivity contribution in [3.8, 4) is 11.4 Å². The standard InChI is InChI=1S/C21H22N4O2/c26-13-17-3-1-2-15(11-17)10-16-8-9-25(12-16)21(27)19-6-4-18(5-7-19)20-22-14-23-24-20/h1-7,11,14,16,26H,8-10,12-13H2,(H,22,23,24)/t16-/m0/s1. The number of likely N-dealkylation sites (tertiary alicyclic amines) is 1. The topological polar surface area (TPSA) is 82.1 Å². The SMILES string of the molecule is O=C(c1ccc(-c2ncn[nH]2)cc1)N1CC[C@@H](Cc2cccc(CO)c2)C1. The van der Waals surface area contributed by atoms with Crippen molar-refractivity contribution in [2.75, 3.05) is 13.1 Å². The number of carbonyl (C=O) groups excluding carboxylic acids is 1. The summed E-state index contributed by atoms with van der Waals surface area (Å²) in [4.78, 5) is 18.9. The molecule has 0 aliphatic carbocycles. The van der Waals surface area contributed by atoms with E-state index in [4.69, 9.17) is 0 Å². The molecule has 1 saturated heterocycles. The summed E-state index contributed by atoms with van der Waals surface area (Å²) < 4.78 is 0. The number of nitrogens with one attached hydrogen (secondary N) is 1. The highest BCUT2D eigenvalue weighted by molar-refractivity contribution is 5.94. The van der Waals surface area contributed by atoms with Gasteiger partial charge in [0.1, 0.15) is 6.33 Å². The van der Waals surface area contributed by atoms with E-state index < -0.39 is 0 Å². The lowest BCUT2D eigenvalue weighted by Gasteiger charge is -2.17. The first-order chi connectivity index (χ1) is 13.2. The first kappa shape index (κ1) is 17.4. The molecular weight excluding hydrogens is 340 g/mol. The van der Waals surface area contributed by atoms with Crippen LogP contribution in [0.15, 0.2) is 54.9 Å². The van der Waals surface area contributed by atoms with Gasteiger partial charge in [-0.2, -0.15) is 5.10 Å². The zero-order chi connectivity index (χ0) is 18.6. The Hall–Kier alpha value is -2.99. The van der Waals surface area contributed by atoms with Gasteiger partial charge < -0.3 is 10.0 Å². The van der Waals surface area contributed by atoms with Crippen molar-refractivity contribution in [3.63, 3.8) is 0 Å². The van der Waals surface area contributed by atoms with Gasteiger partial charge in [-0.05, 0) is 42.0 Å². The molecule has 3 aromatic rings. The van der Waals surface area contributed by atoms with Crippen molar-refractivity contribution in [1.29, 1.82) is 0 Å². The van der Waals surface area contributed by atoms with E-state index in [1.807, 2.05) is 47.4 Å². The third-order valence-electron chi connectivity index (χ3n) is 5.09. The molecule has 1 atom stereocenters. The van der Waals surface area contributed by atoms with Crippen LogP contribution >= 0.6 is 0 Å².